The molecule has 0 bridgehead atoms. The molecule has 0 unspecified atom stereocenters. The normalized spacial score (nSPS) is 11.0. The molecule has 2 aromatic rings. The van der Waals surface area contributed by atoms with E-state index in [-0.39, 0.29) is 12.2 Å². The smallest absolute Gasteiger partial charge is 0.240 e. The van der Waals surface area contributed by atoms with E-state index in [0.717, 1.165) is 28.3 Å². The fraction of sp³-hybridized carbons (Fsp3) is 0.350. The number of carbonyl (C=O) groups is 1. The lowest BCUT2D eigenvalue weighted by molar-refractivity contribution is -0.119. The molecule has 0 aliphatic rings. The van der Waals surface area contributed by atoms with Gasteiger partial charge in [0.05, 0.1) is 26.2 Å². The van der Waals surface area contributed by atoms with Gasteiger partial charge >= 0.3 is 0 Å². The third-order valence-electron chi connectivity index (χ3n) is 4.23. The Morgan fingerprint density at radius 2 is 1.79 bits per heavy atom. The molecule has 29 heavy (non-hydrogen) atoms. The molecule has 1 N–H and O–H groups in total. The summed E-state index contributed by atoms with van der Waals surface area (Å²) in [6.45, 7) is 0.0331. The summed E-state index contributed by atoms with van der Waals surface area (Å²) >= 11 is 6.00. The van der Waals surface area contributed by atoms with E-state index in [1.54, 1.807) is 19.2 Å². The van der Waals surface area contributed by atoms with Crippen LogP contribution in [0.25, 0.3) is 0 Å². The minimum atomic E-state index is -3.73. The number of sulfonamides is 1. The monoisotopic (exact) mass is 440 g/mol. The number of hydrogen-bond donors (Lipinski definition) is 1. The van der Waals surface area contributed by atoms with E-state index in [0.29, 0.717) is 23.7 Å². The van der Waals surface area contributed by atoms with Crippen LogP contribution in [-0.4, -0.2) is 47.9 Å². The van der Waals surface area contributed by atoms with E-state index < -0.39 is 15.9 Å². The van der Waals surface area contributed by atoms with Crippen LogP contribution in [0.5, 0.6) is 11.5 Å². The second-order valence-corrected chi connectivity index (χ2v) is 8.69. The summed E-state index contributed by atoms with van der Waals surface area (Å²) < 4.78 is 36.0. The molecule has 0 aromatic heterocycles. The van der Waals surface area contributed by atoms with Gasteiger partial charge in [-0.1, -0.05) is 29.8 Å². The van der Waals surface area contributed by atoms with Crippen molar-refractivity contribution < 1.29 is 22.7 Å². The zero-order chi connectivity index (χ0) is 21.4. The fourth-order valence-electron chi connectivity index (χ4n) is 2.84. The molecule has 0 radical (unpaired) electrons. The van der Waals surface area contributed by atoms with Crippen LogP contribution in [0, 0.1) is 0 Å². The number of nitrogens with zero attached hydrogens (tertiary/aromatic N) is 1. The van der Waals surface area contributed by atoms with Crippen molar-refractivity contribution in [2.45, 2.75) is 12.8 Å². The first kappa shape index (κ1) is 22.8. The summed E-state index contributed by atoms with van der Waals surface area (Å²) in [6.07, 6.45) is 2.44. The first-order valence-corrected chi connectivity index (χ1v) is 11.2. The number of benzene rings is 2. The first-order valence-electron chi connectivity index (χ1n) is 8.96. The second-order valence-electron chi connectivity index (χ2n) is 6.35. The van der Waals surface area contributed by atoms with Crippen LogP contribution in [0.3, 0.4) is 0 Å². The van der Waals surface area contributed by atoms with Gasteiger partial charge in [0.15, 0.2) is 0 Å². The zero-order valence-electron chi connectivity index (χ0n) is 16.6. The van der Waals surface area contributed by atoms with Gasteiger partial charge in [-0.2, -0.15) is 0 Å². The van der Waals surface area contributed by atoms with Gasteiger partial charge in [0.25, 0.3) is 0 Å². The van der Waals surface area contributed by atoms with Crippen molar-refractivity contribution in [2.75, 3.05) is 37.9 Å². The average molecular weight is 441 g/mol. The van der Waals surface area contributed by atoms with E-state index in [9.17, 15) is 13.2 Å². The van der Waals surface area contributed by atoms with Gasteiger partial charge in [-0.15, -0.1) is 0 Å². The highest BCUT2D eigenvalue weighted by molar-refractivity contribution is 7.92. The minimum Gasteiger partial charge on any atom is -0.496 e. The van der Waals surface area contributed by atoms with Crippen LogP contribution >= 0.6 is 11.6 Å². The highest BCUT2D eigenvalue weighted by Crippen LogP contribution is 2.32. The molecular weight excluding hydrogens is 416 g/mol. The molecule has 0 aliphatic heterocycles. The largest absolute Gasteiger partial charge is 0.496 e. The van der Waals surface area contributed by atoms with Gasteiger partial charge in [0, 0.05) is 11.6 Å². The van der Waals surface area contributed by atoms with E-state index in [2.05, 4.69) is 5.32 Å². The predicted octanol–water partition coefficient (Wildman–Crippen LogP) is 2.87. The van der Waals surface area contributed by atoms with Crippen LogP contribution in [0.1, 0.15) is 12.0 Å². The molecule has 0 fully saturated rings. The van der Waals surface area contributed by atoms with Gasteiger partial charge in [-0.3, -0.25) is 9.10 Å². The van der Waals surface area contributed by atoms with Crippen molar-refractivity contribution in [2.24, 2.45) is 0 Å². The van der Waals surface area contributed by atoms with Crippen LogP contribution in [-0.2, 0) is 21.2 Å². The second kappa shape index (κ2) is 10.4. The molecule has 0 heterocycles. The lowest BCUT2D eigenvalue weighted by Gasteiger charge is -2.24. The summed E-state index contributed by atoms with van der Waals surface area (Å²) in [7, 11) is -0.690. The highest BCUT2D eigenvalue weighted by Gasteiger charge is 2.24. The summed E-state index contributed by atoms with van der Waals surface area (Å²) in [6, 6.07) is 12.3. The molecule has 1 amide bonds. The Hall–Kier alpha value is -2.45. The maximum atomic E-state index is 12.4. The topological polar surface area (TPSA) is 84.9 Å². The van der Waals surface area contributed by atoms with Crippen molar-refractivity contribution in [1.82, 2.24) is 5.32 Å². The van der Waals surface area contributed by atoms with Crippen LogP contribution in [0.4, 0.5) is 5.69 Å². The number of hydrogen-bond acceptors (Lipinski definition) is 5. The number of nitrogens with one attached hydrogen (secondary N) is 1. The number of rotatable bonds is 10. The molecule has 0 saturated heterocycles. The molecule has 2 aromatic carbocycles. The summed E-state index contributed by atoms with van der Waals surface area (Å²) in [5, 5.41) is 3.09. The first-order chi connectivity index (χ1) is 13.8. The zero-order valence-corrected chi connectivity index (χ0v) is 18.2. The number of amides is 1. The fourth-order valence-corrected chi connectivity index (χ4v) is 3.86. The molecule has 0 spiro atoms. The van der Waals surface area contributed by atoms with E-state index in [4.69, 9.17) is 21.1 Å². The number of methoxy groups -OCH3 is 2. The summed E-state index contributed by atoms with van der Waals surface area (Å²) in [5.74, 6) is 0.691. The van der Waals surface area contributed by atoms with Crippen LogP contribution < -0.4 is 19.1 Å². The van der Waals surface area contributed by atoms with Crippen molar-refractivity contribution in [3.05, 3.63) is 53.1 Å². The van der Waals surface area contributed by atoms with Crippen molar-refractivity contribution in [3.63, 3.8) is 0 Å². The number of anilines is 1. The Kier molecular flexibility index (Phi) is 8.16. The number of halogens is 1. The third-order valence-corrected chi connectivity index (χ3v) is 5.60. The molecule has 2 rings (SSSR count). The Balaban J connectivity index is 2.00. The van der Waals surface area contributed by atoms with Gasteiger partial charge in [-0.25, -0.2) is 8.42 Å². The highest BCUT2D eigenvalue weighted by atomic mass is 35.5. The third kappa shape index (κ3) is 6.54. The van der Waals surface area contributed by atoms with E-state index in [1.165, 1.54) is 13.2 Å². The maximum Gasteiger partial charge on any atom is 0.240 e. The molecular formula is C20H25ClN2O5S. The van der Waals surface area contributed by atoms with E-state index >= 15 is 0 Å². The average Bonchev–Trinajstić information content (AvgIpc) is 2.68. The molecule has 0 atom stereocenters. The maximum absolute atomic E-state index is 12.4. The Labute approximate surface area is 176 Å². The quantitative estimate of drug-likeness (QED) is 0.574. The van der Waals surface area contributed by atoms with E-state index in [1.807, 2.05) is 24.3 Å². The number of ether oxygens (including phenoxy) is 2. The van der Waals surface area contributed by atoms with Crippen molar-refractivity contribution >= 4 is 33.2 Å². The van der Waals surface area contributed by atoms with Crippen molar-refractivity contribution in [1.29, 1.82) is 0 Å². The summed E-state index contributed by atoms with van der Waals surface area (Å²) in [4.78, 5) is 12.4. The summed E-state index contributed by atoms with van der Waals surface area (Å²) in [5.41, 5.74) is 1.26. The van der Waals surface area contributed by atoms with Gasteiger partial charge in [0.2, 0.25) is 15.9 Å². The Morgan fingerprint density at radius 3 is 2.45 bits per heavy atom. The molecule has 0 saturated carbocycles. The molecule has 9 heteroatoms. The lowest BCUT2D eigenvalue weighted by atomic mass is 10.1. The Morgan fingerprint density at radius 1 is 1.10 bits per heavy atom. The SMILES string of the molecule is COc1ccccc1CCCNC(=O)CN(c1cc(Cl)ccc1OC)S(C)(=O)=O. The molecule has 158 valence electrons. The van der Waals surface area contributed by atoms with Gasteiger partial charge in [0.1, 0.15) is 18.0 Å². The Bertz CT molecular complexity index is 950. The number of para-hydroxylation sites is 1. The minimum absolute atomic E-state index is 0.215. The number of carbonyl (C=O) groups excluding carboxylic acids is 1. The van der Waals surface area contributed by atoms with Crippen LogP contribution in [0.2, 0.25) is 5.02 Å². The van der Waals surface area contributed by atoms with Crippen molar-refractivity contribution in [3.8, 4) is 11.5 Å². The molecule has 7 nitrogen and oxygen atoms in total. The van der Waals surface area contributed by atoms with Gasteiger partial charge < -0.3 is 14.8 Å². The lowest BCUT2D eigenvalue weighted by Crippen LogP contribution is -2.40. The number of aryl methyl sites for hydroxylation is 1. The standard InChI is InChI=1S/C20H25ClN2O5S/c1-27-18-9-5-4-7-15(18)8-6-12-22-20(24)14-23(29(3,25)26)17-13-16(21)10-11-19(17)28-2/h4-5,7,9-11,13H,6,8,12,14H2,1-3H3,(H,22,24). The van der Waals surface area contributed by atoms with Crippen LogP contribution in [0.15, 0.2) is 42.5 Å². The predicted molar refractivity (Wildman–Crippen MR) is 115 cm³/mol. The molecule has 0 aliphatic carbocycles. The van der Waals surface area contributed by atoms with Gasteiger partial charge in [-0.05, 0) is 42.7 Å².